The zero-order valence-electron chi connectivity index (χ0n) is 6.36. The van der Waals surface area contributed by atoms with Gasteiger partial charge in [0.15, 0.2) is 6.07 Å². The van der Waals surface area contributed by atoms with Gasteiger partial charge in [0.05, 0.1) is 0 Å². The first-order valence-electron chi connectivity index (χ1n) is 3.43. The van der Waals surface area contributed by atoms with E-state index in [9.17, 15) is 4.79 Å². The molecule has 0 spiro atoms. The van der Waals surface area contributed by atoms with Crippen LogP contribution in [-0.2, 0) is 10.5 Å². The van der Waals surface area contributed by atoms with Crippen LogP contribution >= 0.6 is 11.8 Å². The van der Waals surface area contributed by atoms with Crippen molar-refractivity contribution in [3.63, 3.8) is 0 Å². The monoisotopic (exact) mass is 177 g/mol. The van der Waals surface area contributed by atoms with Gasteiger partial charge in [0.25, 0.3) is 5.12 Å². The summed E-state index contributed by atoms with van der Waals surface area (Å²) in [5.41, 5.74) is 1.06. The highest BCUT2D eigenvalue weighted by molar-refractivity contribution is 8.13. The molecule has 0 saturated carbocycles. The van der Waals surface area contributed by atoms with Crippen LogP contribution in [0.3, 0.4) is 0 Å². The number of hydrogen-bond acceptors (Lipinski definition) is 3. The molecule has 60 valence electrons. The van der Waals surface area contributed by atoms with Crippen LogP contribution in [-0.4, -0.2) is 5.12 Å². The predicted molar refractivity (Wildman–Crippen MR) is 48.4 cm³/mol. The summed E-state index contributed by atoms with van der Waals surface area (Å²) in [5, 5.41) is 7.76. The lowest BCUT2D eigenvalue weighted by Crippen LogP contribution is -1.86. The van der Waals surface area contributed by atoms with Gasteiger partial charge in [-0.05, 0) is 5.56 Å². The molecule has 0 bridgehead atoms. The van der Waals surface area contributed by atoms with E-state index >= 15 is 0 Å². The molecule has 0 N–H and O–H groups in total. The quantitative estimate of drug-likeness (QED) is 0.648. The van der Waals surface area contributed by atoms with Crippen LogP contribution in [0.15, 0.2) is 30.3 Å². The van der Waals surface area contributed by atoms with E-state index in [0.29, 0.717) is 5.75 Å². The Kier molecular flexibility index (Phi) is 3.36. The fraction of sp³-hybridized carbons (Fsp3) is 0.111. The molecule has 0 radical (unpaired) electrons. The summed E-state index contributed by atoms with van der Waals surface area (Å²) in [5.74, 6) is 0.577. The molecule has 0 heterocycles. The van der Waals surface area contributed by atoms with Gasteiger partial charge >= 0.3 is 0 Å². The maximum atomic E-state index is 10.6. The smallest absolute Gasteiger partial charge is 0.270 e. The van der Waals surface area contributed by atoms with Crippen molar-refractivity contribution in [3.05, 3.63) is 35.9 Å². The summed E-state index contributed by atoms with van der Waals surface area (Å²) in [6.07, 6.45) is 0. The third-order valence-electron chi connectivity index (χ3n) is 1.30. The maximum absolute atomic E-state index is 10.6. The first-order chi connectivity index (χ1) is 5.83. The van der Waals surface area contributed by atoms with E-state index in [1.165, 1.54) is 0 Å². The number of carbonyl (C=O) groups excluding carboxylic acids is 1. The zero-order chi connectivity index (χ0) is 8.81. The average Bonchev–Trinajstić information content (AvgIpc) is 2.16. The van der Waals surface area contributed by atoms with E-state index in [2.05, 4.69) is 0 Å². The molecule has 0 aliphatic carbocycles. The molecule has 1 aromatic rings. The Morgan fingerprint density at radius 3 is 2.67 bits per heavy atom. The number of hydrogen-bond donors (Lipinski definition) is 0. The van der Waals surface area contributed by atoms with Gasteiger partial charge in [-0.15, -0.1) is 0 Å². The molecule has 0 saturated heterocycles. The van der Waals surface area contributed by atoms with Crippen LogP contribution in [0.2, 0.25) is 0 Å². The van der Waals surface area contributed by atoms with Crippen molar-refractivity contribution in [1.82, 2.24) is 0 Å². The molecule has 0 aliphatic rings. The Hall–Kier alpha value is -1.27. The molecule has 12 heavy (non-hydrogen) atoms. The minimum absolute atomic E-state index is 0.432. The number of rotatable bonds is 2. The fourth-order valence-electron chi connectivity index (χ4n) is 0.755. The minimum atomic E-state index is -0.432. The second-order valence-electron chi connectivity index (χ2n) is 2.17. The van der Waals surface area contributed by atoms with E-state index in [1.807, 2.05) is 30.3 Å². The lowest BCUT2D eigenvalue weighted by Gasteiger charge is -1.94. The number of thioether (sulfide) groups is 1. The van der Waals surface area contributed by atoms with Crippen LogP contribution in [0.5, 0.6) is 0 Å². The average molecular weight is 177 g/mol. The third-order valence-corrected chi connectivity index (χ3v) is 2.14. The normalized spacial score (nSPS) is 8.92. The fourth-order valence-corrected chi connectivity index (χ4v) is 1.31. The zero-order valence-corrected chi connectivity index (χ0v) is 7.17. The van der Waals surface area contributed by atoms with Gasteiger partial charge in [-0.3, -0.25) is 4.79 Å². The molecular weight excluding hydrogens is 170 g/mol. The highest BCUT2D eigenvalue weighted by Gasteiger charge is 1.99. The summed E-state index contributed by atoms with van der Waals surface area (Å²) in [4.78, 5) is 10.6. The second kappa shape index (κ2) is 4.58. The van der Waals surface area contributed by atoms with Gasteiger partial charge in [-0.2, -0.15) is 5.26 Å². The summed E-state index contributed by atoms with van der Waals surface area (Å²) in [6, 6.07) is 11.2. The number of benzene rings is 1. The van der Waals surface area contributed by atoms with Crippen LogP contribution < -0.4 is 0 Å². The molecule has 0 aliphatic heterocycles. The van der Waals surface area contributed by atoms with Crippen molar-refractivity contribution in [2.75, 3.05) is 0 Å². The number of nitrogens with zero attached hydrogens (tertiary/aromatic N) is 1. The summed E-state index contributed by atoms with van der Waals surface area (Å²) in [7, 11) is 0. The van der Waals surface area contributed by atoms with E-state index in [-0.39, 0.29) is 0 Å². The van der Waals surface area contributed by atoms with Crippen molar-refractivity contribution in [1.29, 1.82) is 5.26 Å². The molecule has 0 unspecified atom stereocenters. The van der Waals surface area contributed by atoms with Gasteiger partial charge < -0.3 is 0 Å². The van der Waals surface area contributed by atoms with Gasteiger partial charge in [0.2, 0.25) is 0 Å². The van der Waals surface area contributed by atoms with Crippen LogP contribution in [0.4, 0.5) is 0 Å². The molecule has 0 amide bonds. The topological polar surface area (TPSA) is 40.9 Å². The Balaban J connectivity index is 2.45. The van der Waals surface area contributed by atoms with Crippen molar-refractivity contribution in [2.24, 2.45) is 0 Å². The molecule has 1 rings (SSSR count). The summed E-state index contributed by atoms with van der Waals surface area (Å²) < 4.78 is 0. The van der Waals surface area contributed by atoms with E-state index in [0.717, 1.165) is 17.3 Å². The Morgan fingerprint density at radius 1 is 1.42 bits per heavy atom. The van der Waals surface area contributed by atoms with Crippen molar-refractivity contribution < 1.29 is 4.79 Å². The van der Waals surface area contributed by atoms with Gasteiger partial charge in [0, 0.05) is 5.75 Å². The van der Waals surface area contributed by atoms with E-state index in [4.69, 9.17) is 5.26 Å². The molecule has 0 atom stereocenters. The first-order valence-corrected chi connectivity index (χ1v) is 4.42. The predicted octanol–water partition coefficient (Wildman–Crippen LogP) is 1.97. The van der Waals surface area contributed by atoms with Crippen molar-refractivity contribution in [3.8, 4) is 6.07 Å². The SMILES string of the molecule is N#CC(=O)SCc1ccccc1. The van der Waals surface area contributed by atoms with Crippen molar-refractivity contribution in [2.45, 2.75) is 5.75 Å². The highest BCUT2D eigenvalue weighted by Crippen LogP contribution is 2.11. The number of nitriles is 1. The highest BCUT2D eigenvalue weighted by atomic mass is 32.2. The Morgan fingerprint density at radius 2 is 2.08 bits per heavy atom. The Bertz CT molecular complexity index is 302. The molecule has 0 aromatic heterocycles. The lowest BCUT2D eigenvalue weighted by molar-refractivity contribution is -0.106. The van der Waals surface area contributed by atoms with Crippen LogP contribution in [0.25, 0.3) is 0 Å². The maximum Gasteiger partial charge on any atom is 0.289 e. The van der Waals surface area contributed by atoms with E-state index in [1.54, 1.807) is 6.07 Å². The molecule has 0 fully saturated rings. The minimum Gasteiger partial charge on any atom is -0.270 e. The second-order valence-corrected chi connectivity index (χ2v) is 3.12. The van der Waals surface area contributed by atoms with Gasteiger partial charge in [-0.25, -0.2) is 0 Å². The first kappa shape index (κ1) is 8.82. The molecule has 2 nitrogen and oxygen atoms in total. The molecular formula is C9H7NOS. The Labute approximate surface area is 75.2 Å². The van der Waals surface area contributed by atoms with E-state index < -0.39 is 5.12 Å². The third kappa shape index (κ3) is 2.77. The molecule has 1 aromatic carbocycles. The summed E-state index contributed by atoms with van der Waals surface area (Å²) >= 11 is 1.03. The summed E-state index contributed by atoms with van der Waals surface area (Å²) in [6.45, 7) is 0. The molecule has 3 heteroatoms. The van der Waals surface area contributed by atoms with Gasteiger partial charge in [0.1, 0.15) is 0 Å². The van der Waals surface area contributed by atoms with Crippen LogP contribution in [0, 0.1) is 11.3 Å². The largest absolute Gasteiger partial charge is 0.289 e. The standard InChI is InChI=1S/C9H7NOS/c10-6-9(11)12-7-8-4-2-1-3-5-8/h1-5H,7H2. The van der Waals surface area contributed by atoms with Crippen molar-refractivity contribution >= 4 is 16.9 Å². The van der Waals surface area contributed by atoms with Gasteiger partial charge in [-0.1, -0.05) is 42.1 Å². The lowest BCUT2D eigenvalue weighted by atomic mass is 10.2. The number of carbonyl (C=O) groups is 1. The van der Waals surface area contributed by atoms with Crippen LogP contribution in [0.1, 0.15) is 5.56 Å².